The van der Waals surface area contributed by atoms with Crippen LogP contribution in [0.1, 0.15) is 33.6 Å². The number of urea groups is 1. The largest absolute Gasteiger partial charge is 0.336 e. The Morgan fingerprint density at radius 2 is 2.31 bits per heavy atom. The normalized spacial score (nSPS) is 22.5. The predicted octanol–water partition coefficient (Wildman–Crippen LogP) is 1.84. The Balaban J connectivity index is 2.33. The zero-order chi connectivity index (χ0) is 9.84. The first-order chi connectivity index (χ1) is 6.13. The van der Waals surface area contributed by atoms with E-state index in [1.165, 1.54) is 12.8 Å². The summed E-state index contributed by atoms with van der Waals surface area (Å²) in [5.74, 6) is 0.720. The highest BCUT2D eigenvalue weighted by Crippen LogP contribution is 2.18. The molecule has 3 nitrogen and oxygen atoms in total. The standard InChI is InChI=1S/C10H20N2O/c1-4-9-5-6-12(7-9)10(13)11-8(2)3/h8-9H,4-7H2,1-3H3,(H,11,13). The Morgan fingerprint density at radius 3 is 2.77 bits per heavy atom. The molecule has 1 aliphatic rings. The second-order valence-electron chi connectivity index (χ2n) is 4.11. The van der Waals surface area contributed by atoms with Crippen molar-refractivity contribution in [3.8, 4) is 0 Å². The lowest BCUT2D eigenvalue weighted by atomic mass is 10.1. The highest BCUT2D eigenvalue weighted by molar-refractivity contribution is 5.74. The van der Waals surface area contributed by atoms with E-state index < -0.39 is 0 Å². The summed E-state index contributed by atoms with van der Waals surface area (Å²) in [6.07, 6.45) is 2.35. The van der Waals surface area contributed by atoms with Crippen molar-refractivity contribution >= 4 is 6.03 Å². The van der Waals surface area contributed by atoms with E-state index in [1.54, 1.807) is 0 Å². The molecular weight excluding hydrogens is 164 g/mol. The van der Waals surface area contributed by atoms with Gasteiger partial charge in [0.05, 0.1) is 0 Å². The highest BCUT2D eigenvalue weighted by atomic mass is 16.2. The van der Waals surface area contributed by atoms with E-state index in [9.17, 15) is 4.79 Å². The highest BCUT2D eigenvalue weighted by Gasteiger charge is 2.24. The van der Waals surface area contributed by atoms with Crippen molar-refractivity contribution in [3.63, 3.8) is 0 Å². The third kappa shape index (κ3) is 2.90. The average Bonchev–Trinajstić information content (AvgIpc) is 2.50. The van der Waals surface area contributed by atoms with Gasteiger partial charge < -0.3 is 10.2 Å². The lowest BCUT2D eigenvalue weighted by molar-refractivity contribution is 0.204. The summed E-state index contributed by atoms with van der Waals surface area (Å²) in [5, 5.41) is 2.92. The van der Waals surface area contributed by atoms with E-state index >= 15 is 0 Å². The molecule has 0 aliphatic carbocycles. The van der Waals surface area contributed by atoms with Gasteiger partial charge in [-0.1, -0.05) is 13.3 Å². The predicted molar refractivity (Wildman–Crippen MR) is 53.6 cm³/mol. The molecule has 1 heterocycles. The SMILES string of the molecule is CCC1CCN(C(=O)NC(C)C)C1. The van der Waals surface area contributed by atoms with Crippen LogP contribution >= 0.6 is 0 Å². The number of carbonyl (C=O) groups is 1. The van der Waals surface area contributed by atoms with Gasteiger partial charge in [0.15, 0.2) is 0 Å². The summed E-state index contributed by atoms with van der Waals surface area (Å²) in [7, 11) is 0. The van der Waals surface area contributed by atoms with Gasteiger partial charge in [0, 0.05) is 19.1 Å². The minimum absolute atomic E-state index is 0.103. The number of rotatable bonds is 2. The molecule has 0 aromatic rings. The van der Waals surface area contributed by atoms with Gasteiger partial charge in [-0.05, 0) is 26.2 Å². The number of hydrogen-bond donors (Lipinski definition) is 1. The molecule has 2 amide bonds. The van der Waals surface area contributed by atoms with E-state index in [0.717, 1.165) is 19.0 Å². The lowest BCUT2D eigenvalue weighted by Crippen LogP contribution is -2.41. The van der Waals surface area contributed by atoms with Crippen molar-refractivity contribution < 1.29 is 4.79 Å². The number of likely N-dealkylation sites (tertiary alicyclic amines) is 1. The fraction of sp³-hybridized carbons (Fsp3) is 0.900. The summed E-state index contributed by atoms with van der Waals surface area (Å²) in [6, 6.07) is 0.346. The number of amides is 2. The van der Waals surface area contributed by atoms with E-state index in [0.29, 0.717) is 0 Å². The van der Waals surface area contributed by atoms with Crippen LogP contribution in [-0.4, -0.2) is 30.1 Å². The molecular formula is C10H20N2O. The van der Waals surface area contributed by atoms with E-state index in [4.69, 9.17) is 0 Å². The van der Waals surface area contributed by atoms with Gasteiger partial charge in [0.25, 0.3) is 0 Å². The molecule has 1 saturated heterocycles. The Bertz CT molecular complexity index is 180. The van der Waals surface area contributed by atoms with Crippen LogP contribution in [0.15, 0.2) is 0 Å². The van der Waals surface area contributed by atoms with E-state index in [1.807, 2.05) is 18.7 Å². The number of carbonyl (C=O) groups excluding carboxylic acids is 1. The zero-order valence-electron chi connectivity index (χ0n) is 8.84. The molecule has 1 atom stereocenters. The summed E-state index contributed by atoms with van der Waals surface area (Å²) >= 11 is 0. The van der Waals surface area contributed by atoms with Crippen LogP contribution in [0.5, 0.6) is 0 Å². The molecule has 0 radical (unpaired) electrons. The Hall–Kier alpha value is -0.730. The molecule has 76 valence electrons. The maximum absolute atomic E-state index is 11.5. The monoisotopic (exact) mass is 184 g/mol. The number of nitrogens with zero attached hydrogens (tertiary/aromatic N) is 1. The van der Waals surface area contributed by atoms with Gasteiger partial charge in [-0.3, -0.25) is 0 Å². The fourth-order valence-electron chi connectivity index (χ4n) is 1.69. The Labute approximate surface area is 80.5 Å². The molecule has 0 aromatic heterocycles. The molecule has 1 unspecified atom stereocenters. The van der Waals surface area contributed by atoms with Crippen molar-refractivity contribution in [1.82, 2.24) is 10.2 Å². The minimum atomic E-state index is 0.103. The van der Waals surface area contributed by atoms with Crippen LogP contribution in [0.4, 0.5) is 4.79 Å². The molecule has 0 aromatic carbocycles. The van der Waals surface area contributed by atoms with E-state index in [-0.39, 0.29) is 12.1 Å². The second kappa shape index (κ2) is 4.49. The van der Waals surface area contributed by atoms with Crippen LogP contribution < -0.4 is 5.32 Å². The first kappa shape index (κ1) is 10.4. The summed E-state index contributed by atoms with van der Waals surface area (Å²) in [5.41, 5.74) is 0. The maximum atomic E-state index is 11.5. The fourth-order valence-corrected chi connectivity index (χ4v) is 1.69. The van der Waals surface area contributed by atoms with Crippen molar-refractivity contribution in [1.29, 1.82) is 0 Å². The van der Waals surface area contributed by atoms with Gasteiger partial charge in [0.1, 0.15) is 0 Å². The first-order valence-corrected chi connectivity index (χ1v) is 5.19. The van der Waals surface area contributed by atoms with Crippen LogP contribution in [-0.2, 0) is 0 Å². The molecule has 0 spiro atoms. The third-order valence-corrected chi connectivity index (χ3v) is 2.56. The Kier molecular flexibility index (Phi) is 3.58. The molecule has 0 bridgehead atoms. The third-order valence-electron chi connectivity index (χ3n) is 2.56. The van der Waals surface area contributed by atoms with Gasteiger partial charge >= 0.3 is 6.03 Å². The van der Waals surface area contributed by atoms with Crippen LogP contribution in [0.2, 0.25) is 0 Å². The van der Waals surface area contributed by atoms with E-state index in [2.05, 4.69) is 12.2 Å². The van der Waals surface area contributed by atoms with Crippen molar-refractivity contribution in [2.75, 3.05) is 13.1 Å². The van der Waals surface area contributed by atoms with Crippen molar-refractivity contribution in [2.24, 2.45) is 5.92 Å². The van der Waals surface area contributed by atoms with Gasteiger partial charge in [-0.25, -0.2) is 4.79 Å². The van der Waals surface area contributed by atoms with Crippen molar-refractivity contribution in [3.05, 3.63) is 0 Å². The summed E-state index contributed by atoms with van der Waals surface area (Å²) in [4.78, 5) is 13.5. The molecule has 3 heteroatoms. The van der Waals surface area contributed by atoms with Crippen LogP contribution in [0.25, 0.3) is 0 Å². The molecule has 1 fully saturated rings. The molecule has 1 aliphatic heterocycles. The lowest BCUT2D eigenvalue weighted by Gasteiger charge is -2.18. The van der Waals surface area contributed by atoms with Crippen molar-refractivity contribution in [2.45, 2.75) is 39.7 Å². The smallest absolute Gasteiger partial charge is 0.317 e. The minimum Gasteiger partial charge on any atom is -0.336 e. The topological polar surface area (TPSA) is 32.3 Å². The zero-order valence-corrected chi connectivity index (χ0v) is 8.84. The average molecular weight is 184 g/mol. The molecule has 1 N–H and O–H groups in total. The maximum Gasteiger partial charge on any atom is 0.317 e. The van der Waals surface area contributed by atoms with Gasteiger partial charge in [-0.15, -0.1) is 0 Å². The van der Waals surface area contributed by atoms with Gasteiger partial charge in [-0.2, -0.15) is 0 Å². The molecule has 13 heavy (non-hydrogen) atoms. The number of nitrogens with one attached hydrogen (secondary N) is 1. The van der Waals surface area contributed by atoms with Crippen LogP contribution in [0, 0.1) is 5.92 Å². The molecule has 0 saturated carbocycles. The number of hydrogen-bond acceptors (Lipinski definition) is 1. The quantitative estimate of drug-likeness (QED) is 0.697. The first-order valence-electron chi connectivity index (χ1n) is 5.19. The molecule has 1 rings (SSSR count). The summed E-state index contributed by atoms with van der Waals surface area (Å²) in [6.45, 7) is 8.04. The Morgan fingerprint density at radius 1 is 1.62 bits per heavy atom. The van der Waals surface area contributed by atoms with Crippen LogP contribution in [0.3, 0.4) is 0 Å². The van der Waals surface area contributed by atoms with Gasteiger partial charge in [0.2, 0.25) is 0 Å². The summed E-state index contributed by atoms with van der Waals surface area (Å²) < 4.78 is 0. The second-order valence-corrected chi connectivity index (χ2v) is 4.11.